The van der Waals surface area contributed by atoms with Crippen molar-refractivity contribution in [2.24, 2.45) is 5.73 Å². The Morgan fingerprint density at radius 2 is 2.23 bits per heavy atom. The summed E-state index contributed by atoms with van der Waals surface area (Å²) in [6.45, 7) is 2.68. The van der Waals surface area contributed by atoms with Crippen molar-refractivity contribution in [1.82, 2.24) is 0 Å². The third-order valence-electron chi connectivity index (χ3n) is 1.68. The SMILES string of the molecule is Cc1cc(Br)ccc1C#CCCN. The molecule has 0 bridgehead atoms. The first-order chi connectivity index (χ1) is 6.24. The molecule has 0 saturated carbocycles. The maximum absolute atomic E-state index is 5.34. The Morgan fingerprint density at radius 3 is 2.85 bits per heavy atom. The van der Waals surface area contributed by atoms with E-state index in [1.807, 2.05) is 12.1 Å². The molecule has 0 aliphatic carbocycles. The zero-order chi connectivity index (χ0) is 9.68. The van der Waals surface area contributed by atoms with E-state index in [0.717, 1.165) is 16.5 Å². The van der Waals surface area contributed by atoms with Crippen LogP contribution in [0, 0.1) is 18.8 Å². The minimum Gasteiger partial charge on any atom is -0.330 e. The van der Waals surface area contributed by atoms with Gasteiger partial charge in [0.05, 0.1) is 0 Å². The predicted molar refractivity (Wildman–Crippen MR) is 59.4 cm³/mol. The van der Waals surface area contributed by atoms with Crippen LogP contribution < -0.4 is 5.73 Å². The molecule has 0 saturated heterocycles. The molecule has 0 heterocycles. The van der Waals surface area contributed by atoms with Crippen molar-refractivity contribution in [3.05, 3.63) is 33.8 Å². The Balaban J connectivity index is 2.85. The van der Waals surface area contributed by atoms with Crippen LogP contribution in [0.1, 0.15) is 17.5 Å². The van der Waals surface area contributed by atoms with Gasteiger partial charge in [-0.05, 0) is 30.7 Å². The summed E-state index contributed by atoms with van der Waals surface area (Å²) in [7, 11) is 0. The lowest BCUT2D eigenvalue weighted by molar-refractivity contribution is 1.03. The van der Waals surface area contributed by atoms with E-state index in [-0.39, 0.29) is 0 Å². The van der Waals surface area contributed by atoms with E-state index >= 15 is 0 Å². The van der Waals surface area contributed by atoms with E-state index in [4.69, 9.17) is 5.73 Å². The van der Waals surface area contributed by atoms with Gasteiger partial charge in [-0.2, -0.15) is 0 Å². The molecule has 1 rings (SSSR count). The highest BCUT2D eigenvalue weighted by Crippen LogP contribution is 2.14. The monoisotopic (exact) mass is 237 g/mol. The number of nitrogens with two attached hydrogens (primary N) is 1. The van der Waals surface area contributed by atoms with Crippen LogP contribution in [-0.2, 0) is 0 Å². The molecule has 0 radical (unpaired) electrons. The Labute approximate surface area is 87.5 Å². The fourth-order valence-electron chi connectivity index (χ4n) is 0.997. The van der Waals surface area contributed by atoms with Crippen molar-refractivity contribution in [1.29, 1.82) is 0 Å². The van der Waals surface area contributed by atoms with Crippen molar-refractivity contribution in [3.8, 4) is 11.8 Å². The molecule has 13 heavy (non-hydrogen) atoms. The molecule has 1 aromatic rings. The van der Waals surface area contributed by atoms with Gasteiger partial charge in [0.25, 0.3) is 0 Å². The van der Waals surface area contributed by atoms with Gasteiger partial charge in [-0.3, -0.25) is 0 Å². The molecule has 68 valence electrons. The van der Waals surface area contributed by atoms with Gasteiger partial charge in [0.15, 0.2) is 0 Å². The van der Waals surface area contributed by atoms with E-state index < -0.39 is 0 Å². The third-order valence-corrected chi connectivity index (χ3v) is 2.17. The van der Waals surface area contributed by atoms with E-state index in [0.29, 0.717) is 6.54 Å². The standard InChI is InChI=1S/C11H12BrN/c1-9-8-11(12)6-5-10(9)4-2-3-7-13/h5-6,8H,3,7,13H2,1H3. The van der Waals surface area contributed by atoms with Gasteiger partial charge in [-0.15, -0.1) is 0 Å². The van der Waals surface area contributed by atoms with Crippen LogP contribution in [-0.4, -0.2) is 6.54 Å². The quantitative estimate of drug-likeness (QED) is 0.747. The van der Waals surface area contributed by atoms with Crippen LogP contribution in [0.25, 0.3) is 0 Å². The number of hydrogen-bond acceptors (Lipinski definition) is 1. The average Bonchev–Trinajstić information content (AvgIpc) is 2.09. The summed E-state index contributed by atoms with van der Waals surface area (Å²) in [6.07, 6.45) is 0.759. The first kappa shape index (κ1) is 10.3. The molecular formula is C11H12BrN. The molecule has 2 heteroatoms. The summed E-state index contributed by atoms with van der Waals surface area (Å²) in [6, 6.07) is 6.08. The summed E-state index contributed by atoms with van der Waals surface area (Å²) in [4.78, 5) is 0. The van der Waals surface area contributed by atoms with Gasteiger partial charge < -0.3 is 5.73 Å². The normalized spacial score (nSPS) is 9.15. The fourth-order valence-corrected chi connectivity index (χ4v) is 1.47. The minimum atomic E-state index is 0.628. The number of benzene rings is 1. The number of halogens is 1. The maximum atomic E-state index is 5.34. The Kier molecular flexibility index (Phi) is 4.01. The summed E-state index contributed by atoms with van der Waals surface area (Å²) in [5, 5.41) is 0. The first-order valence-corrected chi connectivity index (χ1v) is 4.98. The van der Waals surface area contributed by atoms with E-state index in [2.05, 4.69) is 40.8 Å². The fraction of sp³-hybridized carbons (Fsp3) is 0.273. The lowest BCUT2D eigenvalue weighted by atomic mass is 10.1. The molecule has 0 aromatic heterocycles. The predicted octanol–water partition coefficient (Wildman–Crippen LogP) is 2.46. The summed E-state index contributed by atoms with van der Waals surface area (Å²) < 4.78 is 1.09. The molecule has 0 atom stereocenters. The molecule has 0 spiro atoms. The van der Waals surface area contributed by atoms with E-state index in [1.165, 1.54) is 5.56 Å². The highest BCUT2D eigenvalue weighted by atomic mass is 79.9. The van der Waals surface area contributed by atoms with Gasteiger partial charge >= 0.3 is 0 Å². The van der Waals surface area contributed by atoms with Crippen molar-refractivity contribution < 1.29 is 0 Å². The third kappa shape index (κ3) is 3.22. The zero-order valence-electron chi connectivity index (χ0n) is 7.60. The maximum Gasteiger partial charge on any atom is 0.0275 e. The highest BCUT2D eigenvalue weighted by molar-refractivity contribution is 9.10. The molecule has 1 aromatic carbocycles. The Hall–Kier alpha value is -0.780. The molecule has 0 amide bonds. The molecule has 0 aliphatic rings. The minimum absolute atomic E-state index is 0.628. The van der Waals surface area contributed by atoms with Crippen LogP contribution in [0.5, 0.6) is 0 Å². The van der Waals surface area contributed by atoms with Crippen LogP contribution >= 0.6 is 15.9 Å². The molecular weight excluding hydrogens is 226 g/mol. The second-order valence-corrected chi connectivity index (χ2v) is 3.72. The molecule has 0 aliphatic heterocycles. The second kappa shape index (κ2) is 5.06. The second-order valence-electron chi connectivity index (χ2n) is 2.80. The number of aryl methyl sites for hydroxylation is 1. The van der Waals surface area contributed by atoms with Crippen molar-refractivity contribution in [3.63, 3.8) is 0 Å². The summed E-state index contributed by atoms with van der Waals surface area (Å²) >= 11 is 3.41. The van der Waals surface area contributed by atoms with Crippen molar-refractivity contribution >= 4 is 15.9 Å². The smallest absolute Gasteiger partial charge is 0.0275 e. The molecule has 2 N–H and O–H groups in total. The van der Waals surface area contributed by atoms with Gasteiger partial charge in [0.1, 0.15) is 0 Å². The van der Waals surface area contributed by atoms with Crippen molar-refractivity contribution in [2.75, 3.05) is 6.54 Å². The average molecular weight is 238 g/mol. The largest absolute Gasteiger partial charge is 0.330 e. The number of hydrogen-bond donors (Lipinski definition) is 1. The summed E-state index contributed by atoms with van der Waals surface area (Å²) in [5.41, 5.74) is 7.62. The van der Waals surface area contributed by atoms with Crippen LogP contribution in [0.2, 0.25) is 0 Å². The van der Waals surface area contributed by atoms with Crippen LogP contribution in [0.3, 0.4) is 0 Å². The topological polar surface area (TPSA) is 26.0 Å². The van der Waals surface area contributed by atoms with Gasteiger partial charge in [-0.25, -0.2) is 0 Å². The van der Waals surface area contributed by atoms with E-state index in [9.17, 15) is 0 Å². The Bertz CT molecular complexity index is 347. The van der Waals surface area contributed by atoms with E-state index in [1.54, 1.807) is 0 Å². The molecule has 1 nitrogen and oxygen atoms in total. The lowest BCUT2D eigenvalue weighted by Crippen LogP contribution is -1.95. The first-order valence-electron chi connectivity index (χ1n) is 4.19. The molecule has 0 unspecified atom stereocenters. The molecule has 0 fully saturated rings. The zero-order valence-corrected chi connectivity index (χ0v) is 9.19. The lowest BCUT2D eigenvalue weighted by Gasteiger charge is -1.97. The highest BCUT2D eigenvalue weighted by Gasteiger charge is 1.93. The van der Waals surface area contributed by atoms with Crippen molar-refractivity contribution in [2.45, 2.75) is 13.3 Å². The van der Waals surface area contributed by atoms with Gasteiger partial charge in [0.2, 0.25) is 0 Å². The van der Waals surface area contributed by atoms with Crippen LogP contribution in [0.4, 0.5) is 0 Å². The van der Waals surface area contributed by atoms with Gasteiger partial charge in [0, 0.05) is 23.0 Å². The summed E-state index contributed by atoms with van der Waals surface area (Å²) in [5.74, 6) is 6.11. The van der Waals surface area contributed by atoms with Gasteiger partial charge in [-0.1, -0.05) is 27.8 Å². The number of rotatable bonds is 1. The van der Waals surface area contributed by atoms with Crippen LogP contribution in [0.15, 0.2) is 22.7 Å². The Morgan fingerprint density at radius 1 is 1.46 bits per heavy atom.